The Labute approximate surface area is 114 Å². The van der Waals surface area contributed by atoms with E-state index in [-0.39, 0.29) is 12.4 Å². The van der Waals surface area contributed by atoms with Crippen molar-refractivity contribution >= 4 is 0 Å². The van der Waals surface area contributed by atoms with Crippen LogP contribution >= 0.6 is 0 Å². The van der Waals surface area contributed by atoms with Crippen molar-refractivity contribution in [3.63, 3.8) is 0 Å². The lowest BCUT2D eigenvalue weighted by molar-refractivity contribution is 0.208. The van der Waals surface area contributed by atoms with Crippen LogP contribution in [0.25, 0.3) is 0 Å². The third kappa shape index (κ3) is 3.67. The molecule has 0 spiro atoms. The summed E-state index contributed by atoms with van der Waals surface area (Å²) < 4.78 is 18.9. The van der Waals surface area contributed by atoms with Gasteiger partial charge in [0, 0.05) is 30.8 Å². The van der Waals surface area contributed by atoms with E-state index in [0.717, 1.165) is 37.8 Å². The molecule has 106 valence electrons. The van der Waals surface area contributed by atoms with E-state index in [9.17, 15) is 4.39 Å². The van der Waals surface area contributed by atoms with E-state index in [0.29, 0.717) is 18.3 Å². The zero-order valence-corrected chi connectivity index (χ0v) is 11.4. The summed E-state index contributed by atoms with van der Waals surface area (Å²) in [4.78, 5) is 2.32. The fraction of sp³-hybridized carbons (Fsp3) is 0.600. The van der Waals surface area contributed by atoms with Gasteiger partial charge in [-0.3, -0.25) is 4.90 Å². The highest BCUT2D eigenvalue weighted by Gasteiger charge is 2.24. The van der Waals surface area contributed by atoms with Crippen molar-refractivity contribution in [3.05, 3.63) is 29.6 Å². The standard InChI is InChI=1S/C15H22FNO2/c1-19-14-7-6-12(15(16)10-14)11-17-8-2-4-13(17)5-3-9-18/h6-7,10,13,18H,2-5,8-9,11H2,1H3. The Morgan fingerprint density at radius 2 is 2.32 bits per heavy atom. The Hall–Kier alpha value is -1.13. The average Bonchev–Trinajstić information content (AvgIpc) is 2.86. The third-order valence-corrected chi connectivity index (χ3v) is 3.83. The van der Waals surface area contributed by atoms with Gasteiger partial charge in [0.2, 0.25) is 0 Å². The van der Waals surface area contributed by atoms with Crippen molar-refractivity contribution in [2.75, 3.05) is 20.3 Å². The highest BCUT2D eigenvalue weighted by atomic mass is 19.1. The van der Waals surface area contributed by atoms with Crippen LogP contribution in [-0.4, -0.2) is 36.3 Å². The third-order valence-electron chi connectivity index (χ3n) is 3.83. The second kappa shape index (κ2) is 6.87. The van der Waals surface area contributed by atoms with Gasteiger partial charge >= 0.3 is 0 Å². The molecule has 0 bridgehead atoms. The Morgan fingerprint density at radius 3 is 3.00 bits per heavy atom. The molecule has 0 saturated carbocycles. The second-order valence-electron chi connectivity index (χ2n) is 5.09. The summed E-state index contributed by atoms with van der Waals surface area (Å²) >= 11 is 0. The number of hydrogen-bond donors (Lipinski definition) is 1. The van der Waals surface area contributed by atoms with Crippen molar-refractivity contribution in [2.24, 2.45) is 0 Å². The minimum Gasteiger partial charge on any atom is -0.497 e. The largest absolute Gasteiger partial charge is 0.497 e. The van der Waals surface area contributed by atoms with Crippen LogP contribution in [0.4, 0.5) is 4.39 Å². The molecule has 1 aliphatic rings. The van der Waals surface area contributed by atoms with Crippen LogP contribution in [0.1, 0.15) is 31.2 Å². The summed E-state index contributed by atoms with van der Waals surface area (Å²) in [5.41, 5.74) is 0.719. The van der Waals surface area contributed by atoms with Gasteiger partial charge in [-0.2, -0.15) is 0 Å². The van der Waals surface area contributed by atoms with Gasteiger partial charge < -0.3 is 9.84 Å². The first-order valence-corrected chi connectivity index (χ1v) is 6.92. The molecule has 1 fully saturated rings. The van der Waals surface area contributed by atoms with Crippen LogP contribution in [0.3, 0.4) is 0 Å². The van der Waals surface area contributed by atoms with Crippen LogP contribution in [0.2, 0.25) is 0 Å². The number of aliphatic hydroxyl groups excluding tert-OH is 1. The van der Waals surface area contributed by atoms with Crippen LogP contribution < -0.4 is 4.74 Å². The minimum atomic E-state index is -0.202. The van der Waals surface area contributed by atoms with Crippen LogP contribution in [0.15, 0.2) is 18.2 Å². The van der Waals surface area contributed by atoms with Crippen molar-refractivity contribution in [2.45, 2.75) is 38.3 Å². The molecule has 0 amide bonds. The Kier molecular flexibility index (Phi) is 5.16. The molecule has 4 heteroatoms. The number of aliphatic hydroxyl groups is 1. The molecule has 0 aliphatic carbocycles. The quantitative estimate of drug-likeness (QED) is 0.860. The molecule has 1 aliphatic heterocycles. The SMILES string of the molecule is COc1ccc(CN2CCCC2CCCO)c(F)c1. The van der Waals surface area contributed by atoms with Crippen molar-refractivity contribution in [1.29, 1.82) is 0 Å². The summed E-state index contributed by atoms with van der Waals surface area (Å²) in [7, 11) is 1.54. The topological polar surface area (TPSA) is 32.7 Å². The first kappa shape index (κ1) is 14.3. The van der Waals surface area contributed by atoms with E-state index in [2.05, 4.69) is 4.90 Å². The van der Waals surface area contributed by atoms with Gasteiger partial charge in [-0.05, 0) is 38.3 Å². The molecule has 1 unspecified atom stereocenters. The molecule has 1 aromatic carbocycles. The van der Waals surface area contributed by atoms with Gasteiger partial charge in [0.15, 0.2) is 0 Å². The molecule has 0 radical (unpaired) electrons. The van der Waals surface area contributed by atoms with E-state index in [1.807, 2.05) is 0 Å². The summed E-state index contributed by atoms with van der Waals surface area (Å²) in [5.74, 6) is 0.353. The highest BCUT2D eigenvalue weighted by molar-refractivity contribution is 5.28. The number of methoxy groups -OCH3 is 1. The lowest BCUT2D eigenvalue weighted by Gasteiger charge is -2.24. The number of rotatable bonds is 6. The molecule has 19 heavy (non-hydrogen) atoms. The first-order valence-electron chi connectivity index (χ1n) is 6.92. The van der Waals surface area contributed by atoms with Crippen molar-refractivity contribution < 1.29 is 14.2 Å². The zero-order chi connectivity index (χ0) is 13.7. The van der Waals surface area contributed by atoms with E-state index in [4.69, 9.17) is 9.84 Å². The van der Waals surface area contributed by atoms with Crippen LogP contribution in [0.5, 0.6) is 5.75 Å². The Balaban J connectivity index is 1.99. The first-order chi connectivity index (χ1) is 9.24. The number of likely N-dealkylation sites (tertiary alicyclic amines) is 1. The molecule has 1 N–H and O–H groups in total. The average molecular weight is 267 g/mol. The molecular weight excluding hydrogens is 245 g/mol. The molecule has 0 aromatic heterocycles. The van der Waals surface area contributed by atoms with Gasteiger partial charge in [0.1, 0.15) is 11.6 Å². The molecule has 2 rings (SSSR count). The molecular formula is C15H22FNO2. The normalized spacial score (nSPS) is 19.8. The highest BCUT2D eigenvalue weighted by Crippen LogP contribution is 2.25. The molecule has 1 heterocycles. The Bertz CT molecular complexity index is 411. The van der Waals surface area contributed by atoms with Crippen molar-refractivity contribution in [1.82, 2.24) is 4.90 Å². The maximum Gasteiger partial charge on any atom is 0.131 e. The molecule has 1 atom stereocenters. The van der Waals surface area contributed by atoms with E-state index < -0.39 is 0 Å². The maximum absolute atomic E-state index is 13.9. The van der Waals surface area contributed by atoms with Gasteiger partial charge in [-0.15, -0.1) is 0 Å². The van der Waals surface area contributed by atoms with Crippen LogP contribution in [0, 0.1) is 5.82 Å². The van der Waals surface area contributed by atoms with Gasteiger partial charge in [-0.1, -0.05) is 6.07 Å². The second-order valence-corrected chi connectivity index (χ2v) is 5.09. The fourth-order valence-electron chi connectivity index (χ4n) is 2.76. The fourth-order valence-corrected chi connectivity index (χ4v) is 2.76. The molecule has 3 nitrogen and oxygen atoms in total. The summed E-state index contributed by atoms with van der Waals surface area (Å²) in [6.07, 6.45) is 4.13. The smallest absolute Gasteiger partial charge is 0.131 e. The number of halogens is 1. The molecule has 1 saturated heterocycles. The van der Waals surface area contributed by atoms with Crippen molar-refractivity contribution in [3.8, 4) is 5.75 Å². The molecule has 1 aromatic rings. The summed E-state index contributed by atoms with van der Waals surface area (Å²) in [5, 5.41) is 8.91. The monoisotopic (exact) mass is 267 g/mol. The number of ether oxygens (including phenoxy) is 1. The van der Waals surface area contributed by atoms with E-state index in [1.165, 1.54) is 6.07 Å². The number of benzene rings is 1. The number of nitrogens with zero attached hydrogens (tertiary/aromatic N) is 1. The lowest BCUT2D eigenvalue weighted by atomic mass is 10.1. The van der Waals surface area contributed by atoms with E-state index in [1.54, 1.807) is 19.2 Å². The van der Waals surface area contributed by atoms with Gasteiger partial charge in [0.05, 0.1) is 7.11 Å². The number of hydrogen-bond acceptors (Lipinski definition) is 3. The van der Waals surface area contributed by atoms with Crippen LogP contribution in [-0.2, 0) is 6.54 Å². The Morgan fingerprint density at radius 1 is 1.47 bits per heavy atom. The zero-order valence-electron chi connectivity index (χ0n) is 11.4. The predicted molar refractivity (Wildman–Crippen MR) is 72.7 cm³/mol. The maximum atomic E-state index is 13.9. The summed E-state index contributed by atoms with van der Waals surface area (Å²) in [6, 6.07) is 5.52. The van der Waals surface area contributed by atoms with Gasteiger partial charge in [-0.25, -0.2) is 4.39 Å². The summed E-state index contributed by atoms with van der Waals surface area (Å²) in [6.45, 7) is 1.90. The minimum absolute atomic E-state index is 0.202. The predicted octanol–water partition coefficient (Wildman–Crippen LogP) is 2.57. The van der Waals surface area contributed by atoms with Gasteiger partial charge in [0.25, 0.3) is 0 Å². The lowest BCUT2D eigenvalue weighted by Crippen LogP contribution is -2.29. The van der Waals surface area contributed by atoms with E-state index >= 15 is 0 Å².